The molecule has 0 fully saturated rings. The molecule has 0 amide bonds. The van der Waals surface area contributed by atoms with Crippen LogP contribution in [0, 0.1) is 6.92 Å². The Bertz CT molecular complexity index is 970. The van der Waals surface area contributed by atoms with Crippen LogP contribution >= 0.6 is 22.9 Å². The first kappa shape index (κ1) is 19.2. The molecule has 0 aliphatic carbocycles. The number of aromatic nitrogens is 1. The fraction of sp³-hybridized carbons (Fsp3) is 0.200. The van der Waals surface area contributed by atoms with Crippen LogP contribution in [0.2, 0.25) is 5.02 Å². The van der Waals surface area contributed by atoms with Gasteiger partial charge in [-0.1, -0.05) is 23.7 Å². The Labute approximate surface area is 166 Å². The van der Waals surface area contributed by atoms with Gasteiger partial charge in [-0.15, -0.1) is 11.3 Å². The first-order valence-corrected chi connectivity index (χ1v) is 9.37. The molecule has 0 unspecified atom stereocenters. The van der Waals surface area contributed by atoms with E-state index in [0.29, 0.717) is 21.5 Å². The molecular formula is C20H18ClNO4S. The van der Waals surface area contributed by atoms with Crippen molar-refractivity contribution in [1.82, 2.24) is 4.98 Å². The summed E-state index contributed by atoms with van der Waals surface area (Å²) in [7, 11) is 3.15. The third kappa shape index (κ3) is 4.40. The molecule has 7 heteroatoms. The second kappa shape index (κ2) is 8.41. The lowest BCUT2D eigenvalue weighted by atomic mass is 10.1. The Balaban J connectivity index is 1.72. The van der Waals surface area contributed by atoms with Gasteiger partial charge in [-0.25, -0.2) is 9.78 Å². The zero-order valence-electron chi connectivity index (χ0n) is 15.1. The van der Waals surface area contributed by atoms with Crippen LogP contribution in [0.5, 0.6) is 11.5 Å². The van der Waals surface area contributed by atoms with Crippen molar-refractivity contribution in [1.29, 1.82) is 0 Å². The van der Waals surface area contributed by atoms with Crippen molar-refractivity contribution in [2.75, 3.05) is 14.2 Å². The fourth-order valence-electron chi connectivity index (χ4n) is 2.52. The average Bonchev–Trinajstić information content (AvgIpc) is 3.17. The van der Waals surface area contributed by atoms with Gasteiger partial charge < -0.3 is 14.2 Å². The number of carbonyl (C=O) groups is 1. The number of hydrogen-bond donors (Lipinski definition) is 0. The van der Waals surface area contributed by atoms with Crippen LogP contribution in [0.4, 0.5) is 0 Å². The lowest BCUT2D eigenvalue weighted by Gasteiger charge is -2.12. The quantitative estimate of drug-likeness (QED) is 0.533. The van der Waals surface area contributed by atoms with Crippen LogP contribution in [0.1, 0.15) is 21.6 Å². The zero-order valence-corrected chi connectivity index (χ0v) is 16.7. The second-order valence-electron chi connectivity index (χ2n) is 5.76. The van der Waals surface area contributed by atoms with Crippen LogP contribution in [0.25, 0.3) is 10.6 Å². The second-order valence-corrected chi connectivity index (χ2v) is 7.05. The van der Waals surface area contributed by atoms with E-state index in [1.165, 1.54) is 11.3 Å². The van der Waals surface area contributed by atoms with Gasteiger partial charge in [0.1, 0.15) is 11.6 Å². The third-order valence-electron chi connectivity index (χ3n) is 3.99. The molecule has 3 rings (SSSR count). The number of benzene rings is 2. The number of hydrogen-bond acceptors (Lipinski definition) is 6. The molecule has 140 valence electrons. The maximum Gasteiger partial charge on any atom is 0.358 e. The van der Waals surface area contributed by atoms with Crippen LogP contribution in [0.15, 0.2) is 41.8 Å². The van der Waals surface area contributed by atoms with Gasteiger partial charge in [-0.05, 0) is 42.3 Å². The summed E-state index contributed by atoms with van der Waals surface area (Å²) in [6.07, 6.45) is 0. The Morgan fingerprint density at radius 3 is 2.59 bits per heavy atom. The van der Waals surface area contributed by atoms with Crippen LogP contribution in [-0.4, -0.2) is 25.2 Å². The van der Waals surface area contributed by atoms with E-state index in [-0.39, 0.29) is 12.3 Å². The molecule has 1 heterocycles. The van der Waals surface area contributed by atoms with E-state index in [1.54, 1.807) is 31.7 Å². The maximum atomic E-state index is 12.4. The largest absolute Gasteiger partial charge is 0.493 e. The highest BCUT2D eigenvalue weighted by Gasteiger charge is 2.15. The molecular weight excluding hydrogens is 386 g/mol. The minimum Gasteiger partial charge on any atom is -0.493 e. The van der Waals surface area contributed by atoms with Gasteiger partial charge in [0.15, 0.2) is 17.2 Å². The standard InChI is InChI=1S/C20H18ClNO4S/c1-12-7-17(24-2)18(25-3)9-14(12)10-26-20(23)16-11-27-19(22-16)13-5-4-6-15(21)8-13/h4-9,11H,10H2,1-3H3. The maximum absolute atomic E-state index is 12.4. The summed E-state index contributed by atoms with van der Waals surface area (Å²) in [6, 6.07) is 11.0. The minimum atomic E-state index is -0.478. The monoisotopic (exact) mass is 403 g/mol. The van der Waals surface area contributed by atoms with Crippen molar-refractivity contribution >= 4 is 28.9 Å². The van der Waals surface area contributed by atoms with Gasteiger partial charge in [-0.3, -0.25) is 0 Å². The fourth-order valence-corrected chi connectivity index (χ4v) is 3.49. The van der Waals surface area contributed by atoms with E-state index in [0.717, 1.165) is 16.7 Å². The summed E-state index contributed by atoms with van der Waals surface area (Å²) in [5, 5.41) is 3.02. The molecule has 2 aromatic carbocycles. The average molecular weight is 404 g/mol. The first-order valence-electron chi connectivity index (χ1n) is 8.12. The normalized spacial score (nSPS) is 10.5. The molecule has 0 aliphatic heterocycles. The smallest absolute Gasteiger partial charge is 0.358 e. The lowest BCUT2D eigenvalue weighted by molar-refractivity contribution is 0.0466. The van der Waals surface area contributed by atoms with E-state index in [9.17, 15) is 4.79 Å². The number of thiazole rings is 1. The Hall–Kier alpha value is -2.57. The summed E-state index contributed by atoms with van der Waals surface area (Å²) in [5.74, 6) is 0.746. The van der Waals surface area contributed by atoms with Crippen LogP contribution in [0.3, 0.4) is 0 Å². The van der Waals surface area contributed by atoms with E-state index in [1.807, 2.05) is 31.2 Å². The van der Waals surface area contributed by atoms with E-state index >= 15 is 0 Å². The summed E-state index contributed by atoms with van der Waals surface area (Å²) < 4.78 is 16.0. The van der Waals surface area contributed by atoms with Crippen molar-refractivity contribution in [3.8, 4) is 22.1 Å². The number of carbonyl (C=O) groups excluding carboxylic acids is 1. The van der Waals surface area contributed by atoms with E-state index in [4.69, 9.17) is 25.8 Å². The molecule has 0 N–H and O–H groups in total. The lowest BCUT2D eigenvalue weighted by Crippen LogP contribution is -2.07. The Morgan fingerprint density at radius 1 is 1.15 bits per heavy atom. The molecule has 0 bridgehead atoms. The van der Waals surface area contributed by atoms with Crippen molar-refractivity contribution < 1.29 is 19.0 Å². The molecule has 0 saturated heterocycles. The van der Waals surface area contributed by atoms with Crippen molar-refractivity contribution in [3.05, 3.63) is 63.6 Å². The van der Waals surface area contributed by atoms with Crippen LogP contribution < -0.4 is 9.47 Å². The zero-order chi connectivity index (χ0) is 19.4. The highest BCUT2D eigenvalue weighted by Crippen LogP contribution is 2.31. The molecule has 0 spiro atoms. The van der Waals surface area contributed by atoms with Crippen molar-refractivity contribution in [3.63, 3.8) is 0 Å². The van der Waals surface area contributed by atoms with Gasteiger partial charge in [0.2, 0.25) is 0 Å². The van der Waals surface area contributed by atoms with Gasteiger partial charge in [0.25, 0.3) is 0 Å². The summed E-state index contributed by atoms with van der Waals surface area (Å²) in [5.41, 5.74) is 2.92. The summed E-state index contributed by atoms with van der Waals surface area (Å²) in [4.78, 5) is 16.7. The van der Waals surface area contributed by atoms with Crippen LogP contribution in [-0.2, 0) is 11.3 Å². The number of halogens is 1. The molecule has 5 nitrogen and oxygen atoms in total. The number of rotatable bonds is 6. The summed E-state index contributed by atoms with van der Waals surface area (Å²) >= 11 is 7.38. The number of esters is 1. The van der Waals surface area contributed by atoms with Gasteiger partial charge >= 0.3 is 5.97 Å². The third-order valence-corrected chi connectivity index (χ3v) is 5.11. The number of nitrogens with zero attached hydrogens (tertiary/aromatic N) is 1. The number of aryl methyl sites for hydroxylation is 1. The molecule has 1 aromatic heterocycles. The van der Waals surface area contributed by atoms with E-state index in [2.05, 4.69) is 4.98 Å². The highest BCUT2D eigenvalue weighted by atomic mass is 35.5. The number of methoxy groups -OCH3 is 2. The van der Waals surface area contributed by atoms with Gasteiger partial charge in [0, 0.05) is 16.0 Å². The molecule has 0 radical (unpaired) electrons. The van der Waals surface area contributed by atoms with Crippen molar-refractivity contribution in [2.45, 2.75) is 13.5 Å². The Morgan fingerprint density at radius 2 is 1.89 bits per heavy atom. The minimum absolute atomic E-state index is 0.120. The molecule has 0 atom stereocenters. The number of ether oxygens (including phenoxy) is 3. The predicted octanol–water partition coefficient (Wildman–Crippen LogP) is 5.15. The predicted molar refractivity (Wildman–Crippen MR) is 106 cm³/mol. The van der Waals surface area contributed by atoms with E-state index < -0.39 is 5.97 Å². The summed E-state index contributed by atoms with van der Waals surface area (Å²) in [6.45, 7) is 2.04. The van der Waals surface area contributed by atoms with Gasteiger partial charge in [0.05, 0.1) is 14.2 Å². The Kier molecular flexibility index (Phi) is 5.98. The molecule has 27 heavy (non-hydrogen) atoms. The molecule has 0 saturated carbocycles. The van der Waals surface area contributed by atoms with Gasteiger partial charge in [-0.2, -0.15) is 0 Å². The topological polar surface area (TPSA) is 57.7 Å². The molecule has 0 aliphatic rings. The van der Waals surface area contributed by atoms with Crippen molar-refractivity contribution in [2.24, 2.45) is 0 Å². The SMILES string of the molecule is COc1cc(C)c(COC(=O)c2csc(-c3cccc(Cl)c3)n2)cc1OC. The first-order chi connectivity index (χ1) is 13.0. The molecule has 3 aromatic rings. The highest BCUT2D eigenvalue weighted by molar-refractivity contribution is 7.13.